The predicted octanol–water partition coefficient (Wildman–Crippen LogP) is 4.15. The fraction of sp³-hybridized carbons (Fsp3) is 0.818. The van der Waals surface area contributed by atoms with E-state index in [1.54, 1.807) is 5.57 Å². The summed E-state index contributed by atoms with van der Waals surface area (Å²) in [6.07, 6.45) is 6.33. The largest absolute Gasteiger partial charge is 0.0928 e. The molecule has 0 amide bonds. The summed E-state index contributed by atoms with van der Waals surface area (Å²) >= 11 is 3.54. The summed E-state index contributed by atoms with van der Waals surface area (Å²) in [5.41, 5.74) is 2.12. The van der Waals surface area contributed by atoms with Crippen molar-refractivity contribution in [2.45, 2.75) is 40.0 Å². The molecule has 1 aliphatic carbocycles. The second-order valence-corrected chi connectivity index (χ2v) is 5.30. The molecule has 0 heterocycles. The van der Waals surface area contributed by atoms with Crippen molar-refractivity contribution in [1.29, 1.82) is 0 Å². The van der Waals surface area contributed by atoms with Crippen LogP contribution in [0.15, 0.2) is 11.6 Å². The Morgan fingerprint density at radius 2 is 2.25 bits per heavy atom. The molecule has 0 spiro atoms. The highest BCUT2D eigenvalue weighted by Crippen LogP contribution is 2.42. The molecule has 70 valence electrons. The van der Waals surface area contributed by atoms with Gasteiger partial charge < -0.3 is 0 Å². The van der Waals surface area contributed by atoms with Crippen LogP contribution in [0.1, 0.15) is 40.0 Å². The number of hydrogen-bond acceptors (Lipinski definition) is 0. The van der Waals surface area contributed by atoms with Gasteiger partial charge in [-0.1, -0.05) is 41.4 Å². The number of hydrogen-bond donors (Lipinski definition) is 0. The van der Waals surface area contributed by atoms with Gasteiger partial charge in [-0.3, -0.25) is 0 Å². The molecule has 1 atom stereocenters. The lowest BCUT2D eigenvalue weighted by molar-refractivity contribution is 0.211. The van der Waals surface area contributed by atoms with Crippen LogP contribution in [0.4, 0.5) is 0 Å². The van der Waals surface area contributed by atoms with Gasteiger partial charge in [-0.25, -0.2) is 0 Å². The Labute approximate surface area is 84.6 Å². The molecule has 1 unspecified atom stereocenters. The number of alkyl halides is 1. The Bertz CT molecular complexity index is 179. The maximum Gasteiger partial charge on any atom is 0.00372 e. The van der Waals surface area contributed by atoms with Crippen LogP contribution in [0, 0.1) is 11.3 Å². The van der Waals surface area contributed by atoms with Crippen LogP contribution < -0.4 is 0 Å². The predicted molar refractivity (Wildman–Crippen MR) is 58.7 cm³/mol. The van der Waals surface area contributed by atoms with Crippen LogP contribution >= 0.6 is 15.9 Å². The molecule has 0 aromatic carbocycles. The number of rotatable bonds is 2. The molecule has 1 heteroatoms. The van der Waals surface area contributed by atoms with Gasteiger partial charge in [0.05, 0.1) is 0 Å². The van der Waals surface area contributed by atoms with E-state index in [0.717, 1.165) is 11.2 Å². The fourth-order valence-electron chi connectivity index (χ4n) is 2.33. The average Bonchev–Trinajstić information content (AvgIpc) is 1.97. The zero-order chi connectivity index (χ0) is 9.19. The van der Waals surface area contributed by atoms with Crippen molar-refractivity contribution in [3.8, 4) is 0 Å². The highest BCUT2D eigenvalue weighted by Gasteiger charge is 2.31. The molecule has 0 saturated heterocycles. The molecule has 1 aliphatic rings. The summed E-state index contributed by atoms with van der Waals surface area (Å²) in [6.45, 7) is 7.09. The molecule has 12 heavy (non-hydrogen) atoms. The van der Waals surface area contributed by atoms with E-state index in [-0.39, 0.29) is 0 Å². The topological polar surface area (TPSA) is 0 Å². The minimum absolute atomic E-state index is 0.520. The van der Waals surface area contributed by atoms with Crippen LogP contribution in [0.3, 0.4) is 0 Å². The summed E-state index contributed by atoms with van der Waals surface area (Å²) in [5.74, 6) is 0.797. The first kappa shape index (κ1) is 10.3. The van der Waals surface area contributed by atoms with Crippen LogP contribution in [0.2, 0.25) is 0 Å². The zero-order valence-electron chi connectivity index (χ0n) is 8.36. The highest BCUT2D eigenvalue weighted by atomic mass is 79.9. The van der Waals surface area contributed by atoms with Gasteiger partial charge in [0.15, 0.2) is 0 Å². The summed E-state index contributed by atoms with van der Waals surface area (Å²) < 4.78 is 0. The minimum Gasteiger partial charge on any atom is -0.0928 e. The Morgan fingerprint density at radius 1 is 1.58 bits per heavy atom. The highest BCUT2D eigenvalue weighted by molar-refractivity contribution is 9.09. The van der Waals surface area contributed by atoms with E-state index >= 15 is 0 Å². The lowest BCUT2D eigenvalue weighted by Crippen LogP contribution is -2.28. The van der Waals surface area contributed by atoms with Crippen molar-refractivity contribution >= 4 is 15.9 Å². The van der Waals surface area contributed by atoms with E-state index in [4.69, 9.17) is 0 Å². The summed E-state index contributed by atoms with van der Waals surface area (Å²) in [7, 11) is 0. The van der Waals surface area contributed by atoms with E-state index in [0.29, 0.717) is 5.41 Å². The van der Waals surface area contributed by atoms with Crippen LogP contribution in [-0.4, -0.2) is 5.33 Å². The summed E-state index contributed by atoms with van der Waals surface area (Å²) in [4.78, 5) is 0. The maximum absolute atomic E-state index is 3.54. The average molecular weight is 231 g/mol. The van der Waals surface area contributed by atoms with E-state index < -0.39 is 0 Å². The van der Waals surface area contributed by atoms with Gasteiger partial charge in [-0.2, -0.15) is 0 Å². The van der Waals surface area contributed by atoms with Gasteiger partial charge in [-0.05, 0) is 37.5 Å². The molecule has 1 rings (SSSR count). The first-order valence-electron chi connectivity index (χ1n) is 4.80. The maximum atomic E-state index is 3.54. The van der Waals surface area contributed by atoms with E-state index in [1.807, 2.05) is 0 Å². The zero-order valence-corrected chi connectivity index (χ0v) is 9.95. The fourth-order valence-corrected chi connectivity index (χ4v) is 2.79. The van der Waals surface area contributed by atoms with E-state index in [2.05, 4.69) is 42.8 Å². The van der Waals surface area contributed by atoms with Gasteiger partial charge in [0.2, 0.25) is 0 Å². The Balaban J connectivity index is 2.74. The lowest BCUT2D eigenvalue weighted by atomic mass is 9.68. The molecular weight excluding hydrogens is 212 g/mol. The second-order valence-electron chi connectivity index (χ2n) is 4.51. The molecule has 0 bridgehead atoms. The van der Waals surface area contributed by atoms with E-state index in [1.165, 1.54) is 19.3 Å². The quantitative estimate of drug-likeness (QED) is 0.494. The first-order chi connectivity index (χ1) is 5.58. The van der Waals surface area contributed by atoms with Crippen molar-refractivity contribution in [3.05, 3.63) is 11.6 Å². The number of allylic oxidation sites excluding steroid dienone is 2. The summed E-state index contributed by atoms with van der Waals surface area (Å²) in [6, 6.07) is 0. The van der Waals surface area contributed by atoms with Crippen molar-refractivity contribution in [2.75, 3.05) is 5.33 Å². The van der Waals surface area contributed by atoms with Crippen molar-refractivity contribution in [3.63, 3.8) is 0 Å². The molecule has 0 aliphatic heterocycles. The Hall–Kier alpha value is 0.220. The van der Waals surface area contributed by atoms with Gasteiger partial charge >= 0.3 is 0 Å². The third-order valence-corrected chi connectivity index (χ3v) is 3.60. The van der Waals surface area contributed by atoms with Crippen LogP contribution in [-0.2, 0) is 0 Å². The third-order valence-electron chi connectivity index (χ3n) is 3.15. The Kier molecular flexibility index (Phi) is 3.39. The van der Waals surface area contributed by atoms with Gasteiger partial charge in [-0.15, -0.1) is 0 Å². The normalized spacial score (nSPS) is 28.3. The monoisotopic (exact) mass is 230 g/mol. The molecule has 0 N–H and O–H groups in total. The number of halogens is 1. The summed E-state index contributed by atoms with van der Waals surface area (Å²) in [5, 5.41) is 1.13. The molecule has 0 aromatic rings. The molecule has 0 fully saturated rings. The molecule has 0 nitrogen and oxygen atoms in total. The molecule has 0 aromatic heterocycles. The van der Waals surface area contributed by atoms with Crippen molar-refractivity contribution in [2.24, 2.45) is 11.3 Å². The van der Waals surface area contributed by atoms with Crippen LogP contribution in [0.25, 0.3) is 0 Å². The van der Waals surface area contributed by atoms with E-state index in [9.17, 15) is 0 Å². The van der Waals surface area contributed by atoms with Crippen LogP contribution in [0.5, 0.6) is 0 Å². The second kappa shape index (κ2) is 3.95. The molecule has 0 saturated carbocycles. The molecule has 0 radical (unpaired) electrons. The van der Waals surface area contributed by atoms with Gasteiger partial charge in [0, 0.05) is 5.33 Å². The standard InChI is InChI=1S/C11H19Br/c1-9-5-4-7-11(2,3)10(9)6-8-12/h5,10H,4,6-8H2,1-3H3. The molecular formula is C11H19Br. The van der Waals surface area contributed by atoms with Gasteiger partial charge in [0.25, 0.3) is 0 Å². The minimum atomic E-state index is 0.520. The first-order valence-corrected chi connectivity index (χ1v) is 5.92. The van der Waals surface area contributed by atoms with Crippen molar-refractivity contribution < 1.29 is 0 Å². The van der Waals surface area contributed by atoms with Crippen molar-refractivity contribution in [1.82, 2.24) is 0 Å². The van der Waals surface area contributed by atoms with Gasteiger partial charge in [0.1, 0.15) is 0 Å². The SMILES string of the molecule is CC1=CCCC(C)(C)C1CCBr. The Morgan fingerprint density at radius 3 is 2.75 bits per heavy atom. The smallest absolute Gasteiger partial charge is 0.00372 e. The third kappa shape index (κ3) is 2.12. The lowest BCUT2D eigenvalue weighted by Gasteiger charge is -2.38.